The maximum atomic E-state index is 11.3. The van der Waals surface area contributed by atoms with Crippen LogP contribution in [0, 0.1) is 0 Å². The fourth-order valence-corrected chi connectivity index (χ4v) is 1.88. The van der Waals surface area contributed by atoms with E-state index in [2.05, 4.69) is 29.1 Å². The lowest BCUT2D eigenvalue weighted by Crippen LogP contribution is -2.29. The third kappa shape index (κ3) is 2.51. The highest BCUT2D eigenvalue weighted by atomic mass is 16.2. The Bertz CT molecular complexity index is 657. The van der Waals surface area contributed by atoms with Crippen LogP contribution in [0.15, 0.2) is 27.8 Å². The van der Waals surface area contributed by atoms with Crippen molar-refractivity contribution >= 4 is 11.0 Å². The molecule has 1 atom stereocenters. The van der Waals surface area contributed by atoms with Gasteiger partial charge < -0.3 is 15.3 Å². The quantitative estimate of drug-likeness (QED) is 0.712. The fraction of sp³-hybridized carbons (Fsp3) is 0.385. The number of fused-ring (bicyclic) bond motifs is 1. The molecule has 0 aliphatic rings. The molecule has 2 aromatic rings. The Labute approximate surface area is 104 Å². The van der Waals surface area contributed by atoms with Crippen molar-refractivity contribution in [3.8, 4) is 0 Å². The molecule has 0 amide bonds. The molecule has 0 saturated heterocycles. The number of hydrogen-bond donors (Lipinski definition) is 3. The van der Waals surface area contributed by atoms with E-state index in [1.54, 1.807) is 0 Å². The monoisotopic (exact) mass is 247 g/mol. The molecule has 5 nitrogen and oxygen atoms in total. The smallest absolute Gasteiger partial charge is 0.314 e. The van der Waals surface area contributed by atoms with E-state index in [4.69, 9.17) is 0 Å². The van der Waals surface area contributed by atoms with Gasteiger partial charge in [0.05, 0.1) is 11.0 Å². The second kappa shape index (κ2) is 5.18. The van der Waals surface area contributed by atoms with E-state index in [1.807, 2.05) is 18.2 Å². The lowest BCUT2D eigenvalue weighted by molar-refractivity contribution is 0.571. The van der Waals surface area contributed by atoms with Crippen LogP contribution in [0.5, 0.6) is 0 Å². The van der Waals surface area contributed by atoms with Crippen LogP contribution in [-0.4, -0.2) is 16.5 Å². The van der Waals surface area contributed by atoms with Gasteiger partial charge >= 0.3 is 11.1 Å². The van der Waals surface area contributed by atoms with Crippen LogP contribution in [0.3, 0.4) is 0 Å². The molecule has 1 aromatic carbocycles. The zero-order chi connectivity index (χ0) is 13.1. The lowest BCUT2D eigenvalue weighted by Gasteiger charge is -2.13. The molecule has 96 valence electrons. The summed E-state index contributed by atoms with van der Waals surface area (Å²) in [7, 11) is 0. The minimum Gasteiger partial charge on any atom is -0.316 e. The average Bonchev–Trinajstić information content (AvgIpc) is 2.36. The van der Waals surface area contributed by atoms with Gasteiger partial charge in [-0.2, -0.15) is 0 Å². The summed E-state index contributed by atoms with van der Waals surface area (Å²) in [6.07, 6.45) is 1.07. The number of nitrogens with one attached hydrogen (secondary N) is 3. The summed E-state index contributed by atoms with van der Waals surface area (Å²) in [5.41, 5.74) is 1.15. The first kappa shape index (κ1) is 12.6. The molecular formula is C13H17N3O2. The predicted octanol–water partition coefficient (Wildman–Crippen LogP) is 1.28. The highest BCUT2D eigenvalue weighted by Crippen LogP contribution is 2.16. The van der Waals surface area contributed by atoms with Gasteiger partial charge in [-0.05, 0) is 37.6 Å². The number of aromatic nitrogens is 2. The van der Waals surface area contributed by atoms with Crippen molar-refractivity contribution in [2.24, 2.45) is 0 Å². The third-order valence-electron chi connectivity index (χ3n) is 2.95. The Balaban J connectivity index is 2.41. The van der Waals surface area contributed by atoms with Gasteiger partial charge in [0.15, 0.2) is 0 Å². The van der Waals surface area contributed by atoms with E-state index in [0.717, 1.165) is 18.5 Å². The van der Waals surface area contributed by atoms with Crippen LogP contribution in [-0.2, 0) is 0 Å². The van der Waals surface area contributed by atoms with Crippen LogP contribution < -0.4 is 16.4 Å². The van der Waals surface area contributed by atoms with Crippen LogP contribution in [0.2, 0.25) is 0 Å². The molecule has 1 heterocycles. The summed E-state index contributed by atoms with van der Waals surface area (Å²) in [6.45, 7) is 5.13. The standard InChI is InChI=1S/C13H17N3O2/c1-3-6-14-8(2)9-4-5-10-11(7-9)16-13(18)12(17)15-10/h4-5,7-8,14H,3,6H2,1-2H3,(H,15,17)(H,16,18). The number of aromatic amines is 2. The SMILES string of the molecule is CCCNC(C)c1ccc2[nH]c(=O)c(=O)[nH]c2c1. The Morgan fingerprint density at radius 1 is 1.17 bits per heavy atom. The van der Waals surface area contributed by atoms with E-state index < -0.39 is 11.1 Å². The zero-order valence-corrected chi connectivity index (χ0v) is 10.5. The van der Waals surface area contributed by atoms with Crippen LogP contribution in [0.25, 0.3) is 11.0 Å². The van der Waals surface area contributed by atoms with Crippen LogP contribution in [0.4, 0.5) is 0 Å². The maximum absolute atomic E-state index is 11.3. The summed E-state index contributed by atoms with van der Waals surface area (Å²) in [5.74, 6) is 0. The summed E-state index contributed by atoms with van der Waals surface area (Å²) in [5, 5.41) is 3.38. The molecule has 0 fully saturated rings. The number of hydrogen-bond acceptors (Lipinski definition) is 3. The molecule has 0 aliphatic heterocycles. The highest BCUT2D eigenvalue weighted by Gasteiger charge is 2.06. The van der Waals surface area contributed by atoms with Gasteiger partial charge in [0.25, 0.3) is 0 Å². The van der Waals surface area contributed by atoms with Gasteiger partial charge in [-0.25, -0.2) is 0 Å². The molecule has 18 heavy (non-hydrogen) atoms. The largest absolute Gasteiger partial charge is 0.316 e. The molecule has 3 N–H and O–H groups in total. The summed E-state index contributed by atoms with van der Waals surface area (Å²) < 4.78 is 0. The topological polar surface area (TPSA) is 77.8 Å². The highest BCUT2D eigenvalue weighted by molar-refractivity contribution is 5.74. The minimum atomic E-state index is -0.618. The second-order valence-corrected chi connectivity index (χ2v) is 4.39. The van der Waals surface area contributed by atoms with E-state index >= 15 is 0 Å². The lowest BCUT2D eigenvalue weighted by atomic mass is 10.1. The fourth-order valence-electron chi connectivity index (χ4n) is 1.88. The third-order valence-corrected chi connectivity index (χ3v) is 2.95. The first-order valence-corrected chi connectivity index (χ1v) is 6.11. The zero-order valence-electron chi connectivity index (χ0n) is 10.5. The van der Waals surface area contributed by atoms with Gasteiger partial charge in [0.2, 0.25) is 0 Å². The van der Waals surface area contributed by atoms with Crippen LogP contribution >= 0.6 is 0 Å². The van der Waals surface area contributed by atoms with Gasteiger partial charge in [0, 0.05) is 6.04 Å². The van der Waals surface area contributed by atoms with Crippen molar-refractivity contribution in [3.05, 3.63) is 44.5 Å². The normalized spacial score (nSPS) is 12.8. The van der Waals surface area contributed by atoms with E-state index in [1.165, 1.54) is 0 Å². The van der Waals surface area contributed by atoms with Gasteiger partial charge in [-0.15, -0.1) is 0 Å². The molecule has 0 bridgehead atoms. The predicted molar refractivity (Wildman–Crippen MR) is 71.9 cm³/mol. The molecular weight excluding hydrogens is 230 g/mol. The van der Waals surface area contributed by atoms with Crippen molar-refractivity contribution in [3.63, 3.8) is 0 Å². The summed E-state index contributed by atoms with van der Waals surface area (Å²) in [6, 6.07) is 5.86. The summed E-state index contributed by atoms with van der Waals surface area (Å²) >= 11 is 0. The van der Waals surface area contributed by atoms with Crippen molar-refractivity contribution in [2.75, 3.05) is 6.54 Å². The van der Waals surface area contributed by atoms with Crippen LogP contribution in [0.1, 0.15) is 31.9 Å². The number of rotatable bonds is 4. The van der Waals surface area contributed by atoms with E-state index in [9.17, 15) is 9.59 Å². The summed E-state index contributed by atoms with van der Waals surface area (Å²) in [4.78, 5) is 27.6. The molecule has 0 radical (unpaired) electrons. The molecule has 1 unspecified atom stereocenters. The number of benzene rings is 1. The van der Waals surface area contributed by atoms with E-state index in [-0.39, 0.29) is 6.04 Å². The number of H-pyrrole nitrogens is 2. The maximum Gasteiger partial charge on any atom is 0.314 e. The Kier molecular flexibility index (Phi) is 3.62. The van der Waals surface area contributed by atoms with Crippen molar-refractivity contribution in [2.45, 2.75) is 26.3 Å². The minimum absolute atomic E-state index is 0.213. The first-order chi connectivity index (χ1) is 8.61. The van der Waals surface area contributed by atoms with Gasteiger partial charge in [-0.1, -0.05) is 13.0 Å². The van der Waals surface area contributed by atoms with Crippen molar-refractivity contribution in [1.82, 2.24) is 15.3 Å². The first-order valence-electron chi connectivity index (χ1n) is 6.11. The van der Waals surface area contributed by atoms with Gasteiger partial charge in [0.1, 0.15) is 0 Å². The Morgan fingerprint density at radius 2 is 1.83 bits per heavy atom. The second-order valence-electron chi connectivity index (χ2n) is 4.39. The average molecular weight is 247 g/mol. The molecule has 1 aromatic heterocycles. The molecule has 2 rings (SSSR count). The van der Waals surface area contributed by atoms with Crippen molar-refractivity contribution in [1.29, 1.82) is 0 Å². The Hall–Kier alpha value is -1.88. The molecule has 0 aliphatic carbocycles. The van der Waals surface area contributed by atoms with E-state index in [0.29, 0.717) is 11.0 Å². The Morgan fingerprint density at radius 3 is 2.50 bits per heavy atom. The van der Waals surface area contributed by atoms with Gasteiger partial charge in [-0.3, -0.25) is 9.59 Å². The molecule has 0 saturated carbocycles. The van der Waals surface area contributed by atoms with Crippen molar-refractivity contribution < 1.29 is 0 Å². The molecule has 0 spiro atoms. The molecule has 5 heteroatoms.